The summed E-state index contributed by atoms with van der Waals surface area (Å²) in [6, 6.07) is 8.18. The number of nitrogens with one attached hydrogen (secondary N) is 1. The summed E-state index contributed by atoms with van der Waals surface area (Å²) in [5.74, 6) is 0.662. The van der Waals surface area contributed by atoms with Crippen LogP contribution in [0.2, 0.25) is 0 Å². The molecule has 0 radical (unpaired) electrons. The number of rotatable bonds is 4. The fourth-order valence-electron chi connectivity index (χ4n) is 4.32. The number of hydrogen-bond donors (Lipinski definition) is 2. The van der Waals surface area contributed by atoms with Crippen molar-refractivity contribution in [3.05, 3.63) is 54.2 Å². The zero-order chi connectivity index (χ0) is 23.2. The van der Waals surface area contributed by atoms with Crippen LogP contribution in [0, 0.1) is 17.1 Å². The minimum absolute atomic E-state index is 0.0217. The number of anilines is 1. The normalized spacial score (nSPS) is 18.0. The number of aromatic nitrogens is 4. The summed E-state index contributed by atoms with van der Waals surface area (Å²) in [5.41, 5.74) is 10.4. The zero-order valence-corrected chi connectivity index (χ0v) is 18.3. The highest BCUT2D eigenvalue weighted by atomic mass is 19.1. The minimum atomic E-state index is -0.557. The highest BCUT2D eigenvalue weighted by Crippen LogP contribution is 2.41. The molecule has 1 aliphatic heterocycles. The fourth-order valence-corrected chi connectivity index (χ4v) is 4.32. The van der Waals surface area contributed by atoms with Gasteiger partial charge >= 0.3 is 0 Å². The van der Waals surface area contributed by atoms with E-state index in [9.17, 15) is 9.65 Å². The molecule has 3 aromatic heterocycles. The van der Waals surface area contributed by atoms with E-state index in [1.165, 1.54) is 6.07 Å². The number of benzene rings is 1. The Morgan fingerprint density at radius 2 is 2.09 bits per heavy atom. The van der Waals surface area contributed by atoms with Crippen molar-refractivity contribution in [2.45, 2.75) is 18.9 Å². The standard InChI is InChI=1S/C24H22FN7O/c1-24(27)6-8-32(13-24)21-16(14-3-4-18(25)15(9-14)10-26)11-28-12-17(21)22-30-20-19(33-2)5-7-29-23(20)31-22/h3-5,7,9,11-12H,6,8,13,27H2,1-2H3,(H,29,30,31)/t24-/m0/s1. The van der Waals surface area contributed by atoms with E-state index in [4.69, 9.17) is 10.5 Å². The monoisotopic (exact) mass is 443 g/mol. The van der Waals surface area contributed by atoms with Gasteiger partial charge in [0.25, 0.3) is 0 Å². The van der Waals surface area contributed by atoms with Gasteiger partial charge in [-0.05, 0) is 31.0 Å². The molecule has 0 saturated carbocycles. The molecular weight excluding hydrogens is 421 g/mol. The molecule has 3 N–H and O–H groups in total. The Labute approximate surface area is 189 Å². The summed E-state index contributed by atoms with van der Waals surface area (Å²) in [4.78, 5) is 19.0. The van der Waals surface area contributed by atoms with E-state index in [-0.39, 0.29) is 11.1 Å². The number of H-pyrrole nitrogens is 1. The maximum atomic E-state index is 14.0. The van der Waals surface area contributed by atoms with Crippen molar-refractivity contribution >= 4 is 16.9 Å². The molecular formula is C24H22FN7O. The molecule has 4 aromatic rings. The summed E-state index contributed by atoms with van der Waals surface area (Å²) >= 11 is 0. The summed E-state index contributed by atoms with van der Waals surface area (Å²) in [5, 5.41) is 9.34. The molecule has 5 rings (SSSR count). The average Bonchev–Trinajstić information content (AvgIpc) is 3.41. The third-order valence-electron chi connectivity index (χ3n) is 5.97. The Bertz CT molecular complexity index is 1410. The Hall–Kier alpha value is -4.03. The fraction of sp³-hybridized carbons (Fsp3) is 0.250. The number of methoxy groups -OCH3 is 1. The lowest BCUT2D eigenvalue weighted by Crippen LogP contribution is -2.39. The van der Waals surface area contributed by atoms with Gasteiger partial charge in [0.05, 0.1) is 23.9 Å². The molecule has 166 valence electrons. The molecule has 1 aromatic carbocycles. The molecule has 1 atom stereocenters. The van der Waals surface area contributed by atoms with Crippen molar-refractivity contribution in [2.75, 3.05) is 25.1 Å². The highest BCUT2D eigenvalue weighted by Gasteiger charge is 2.33. The third kappa shape index (κ3) is 3.64. The number of nitriles is 1. The van der Waals surface area contributed by atoms with Gasteiger partial charge in [0.2, 0.25) is 0 Å². The predicted octanol–water partition coefficient (Wildman–Crippen LogP) is 3.63. The molecule has 1 fully saturated rings. The van der Waals surface area contributed by atoms with Crippen LogP contribution in [-0.2, 0) is 0 Å². The van der Waals surface area contributed by atoms with Gasteiger partial charge in [0.1, 0.15) is 29.0 Å². The molecule has 0 spiro atoms. The predicted molar refractivity (Wildman–Crippen MR) is 123 cm³/mol. The van der Waals surface area contributed by atoms with Gasteiger partial charge in [-0.25, -0.2) is 14.4 Å². The Balaban J connectivity index is 1.74. The van der Waals surface area contributed by atoms with E-state index in [1.54, 1.807) is 43.9 Å². The summed E-state index contributed by atoms with van der Waals surface area (Å²) in [6.07, 6.45) is 5.92. The van der Waals surface area contributed by atoms with Crippen molar-refractivity contribution in [2.24, 2.45) is 5.73 Å². The van der Waals surface area contributed by atoms with Crippen molar-refractivity contribution in [3.63, 3.8) is 0 Å². The molecule has 9 heteroatoms. The maximum absolute atomic E-state index is 14.0. The number of hydrogen-bond acceptors (Lipinski definition) is 7. The Kier molecular flexibility index (Phi) is 4.95. The van der Waals surface area contributed by atoms with Crippen LogP contribution < -0.4 is 15.4 Å². The first kappa shape index (κ1) is 20.8. The molecule has 33 heavy (non-hydrogen) atoms. The number of pyridine rings is 2. The molecule has 0 aliphatic carbocycles. The van der Waals surface area contributed by atoms with E-state index < -0.39 is 5.82 Å². The van der Waals surface area contributed by atoms with Gasteiger partial charge in [0.15, 0.2) is 5.65 Å². The van der Waals surface area contributed by atoms with Crippen molar-refractivity contribution in [1.29, 1.82) is 5.26 Å². The van der Waals surface area contributed by atoms with Gasteiger partial charge in [0, 0.05) is 48.8 Å². The number of nitrogens with zero attached hydrogens (tertiary/aromatic N) is 5. The van der Waals surface area contributed by atoms with E-state index in [1.807, 2.05) is 13.0 Å². The van der Waals surface area contributed by atoms with Crippen LogP contribution in [0.4, 0.5) is 10.1 Å². The van der Waals surface area contributed by atoms with Gasteiger partial charge in [-0.1, -0.05) is 6.07 Å². The van der Waals surface area contributed by atoms with Crippen LogP contribution in [0.15, 0.2) is 42.9 Å². The van der Waals surface area contributed by atoms with Crippen LogP contribution in [0.5, 0.6) is 5.75 Å². The van der Waals surface area contributed by atoms with E-state index in [0.29, 0.717) is 34.8 Å². The lowest BCUT2D eigenvalue weighted by molar-refractivity contribution is 0.418. The van der Waals surface area contributed by atoms with Crippen LogP contribution in [-0.4, -0.2) is 45.7 Å². The molecule has 1 saturated heterocycles. The van der Waals surface area contributed by atoms with Gasteiger partial charge in [-0.2, -0.15) is 5.26 Å². The van der Waals surface area contributed by atoms with Crippen molar-refractivity contribution < 1.29 is 9.13 Å². The maximum Gasteiger partial charge on any atom is 0.181 e. The number of fused-ring (bicyclic) bond motifs is 1. The number of nitrogens with two attached hydrogens (primary N) is 1. The van der Waals surface area contributed by atoms with E-state index in [0.717, 1.165) is 29.8 Å². The highest BCUT2D eigenvalue weighted by molar-refractivity contribution is 5.91. The van der Waals surface area contributed by atoms with Crippen molar-refractivity contribution in [1.82, 2.24) is 19.9 Å². The van der Waals surface area contributed by atoms with Crippen LogP contribution in [0.1, 0.15) is 18.9 Å². The number of imidazole rings is 1. The largest absolute Gasteiger partial charge is 0.494 e. The van der Waals surface area contributed by atoms with Crippen LogP contribution in [0.3, 0.4) is 0 Å². The molecule has 0 unspecified atom stereocenters. The summed E-state index contributed by atoms with van der Waals surface area (Å²) < 4.78 is 19.5. The molecule has 0 amide bonds. The quantitative estimate of drug-likeness (QED) is 0.495. The molecule has 0 bridgehead atoms. The number of aromatic amines is 1. The van der Waals surface area contributed by atoms with Gasteiger partial charge in [-0.3, -0.25) is 4.98 Å². The van der Waals surface area contributed by atoms with E-state index >= 15 is 0 Å². The first-order valence-electron chi connectivity index (χ1n) is 10.5. The smallest absolute Gasteiger partial charge is 0.181 e. The van der Waals surface area contributed by atoms with Gasteiger partial charge < -0.3 is 20.4 Å². The second-order valence-corrected chi connectivity index (χ2v) is 8.51. The van der Waals surface area contributed by atoms with Crippen LogP contribution >= 0.6 is 0 Å². The van der Waals surface area contributed by atoms with Crippen molar-refractivity contribution in [3.8, 4) is 34.3 Å². The number of halogens is 1. The van der Waals surface area contributed by atoms with Crippen LogP contribution in [0.25, 0.3) is 33.7 Å². The molecule has 4 heterocycles. The average molecular weight is 443 g/mol. The zero-order valence-electron chi connectivity index (χ0n) is 18.3. The Morgan fingerprint density at radius 1 is 1.27 bits per heavy atom. The lowest BCUT2D eigenvalue weighted by Gasteiger charge is -2.26. The number of ether oxygens (including phenoxy) is 1. The van der Waals surface area contributed by atoms with Gasteiger partial charge in [-0.15, -0.1) is 0 Å². The second-order valence-electron chi connectivity index (χ2n) is 8.51. The molecule has 8 nitrogen and oxygen atoms in total. The third-order valence-corrected chi connectivity index (χ3v) is 5.97. The molecule has 1 aliphatic rings. The second kappa shape index (κ2) is 7.83. The Morgan fingerprint density at radius 3 is 2.82 bits per heavy atom. The topological polar surface area (TPSA) is 117 Å². The first-order valence-corrected chi connectivity index (χ1v) is 10.5. The first-order chi connectivity index (χ1) is 15.9. The summed E-state index contributed by atoms with van der Waals surface area (Å²) in [6.45, 7) is 3.39. The van der Waals surface area contributed by atoms with E-state index in [2.05, 4.69) is 24.8 Å². The minimum Gasteiger partial charge on any atom is -0.494 e. The lowest BCUT2D eigenvalue weighted by atomic mass is 9.99. The summed E-state index contributed by atoms with van der Waals surface area (Å²) in [7, 11) is 1.59. The SMILES string of the molecule is COc1ccnc2nc(-c3cncc(-c4ccc(F)c(C#N)c4)c3N3CC[C@](C)(N)C3)[nH]c12.